The molecule has 0 bridgehead atoms. The number of hydrogen-bond acceptors (Lipinski definition) is 2. The lowest BCUT2D eigenvalue weighted by Gasteiger charge is -2.22. The van der Waals surface area contributed by atoms with Gasteiger partial charge in [-0.25, -0.2) is 4.39 Å². The van der Waals surface area contributed by atoms with E-state index < -0.39 is 0 Å². The van der Waals surface area contributed by atoms with Gasteiger partial charge >= 0.3 is 0 Å². The third-order valence-corrected chi connectivity index (χ3v) is 4.98. The van der Waals surface area contributed by atoms with Crippen molar-refractivity contribution in [1.29, 1.82) is 0 Å². The molecule has 0 aromatic heterocycles. The molecular formula is C19H20BrFN2O. The maximum absolute atomic E-state index is 13.5. The molecule has 0 spiro atoms. The Hall–Kier alpha value is -1.72. The van der Waals surface area contributed by atoms with E-state index in [4.69, 9.17) is 0 Å². The molecule has 126 valence electrons. The molecule has 0 radical (unpaired) electrons. The van der Waals surface area contributed by atoms with Crippen molar-refractivity contribution in [3.05, 3.63) is 69.9 Å². The number of carbonyl (C=O) groups is 1. The number of hydrogen-bond donors (Lipinski definition) is 0. The van der Waals surface area contributed by atoms with Crippen LogP contribution in [0.1, 0.15) is 22.3 Å². The average molecular weight is 391 g/mol. The molecule has 0 aliphatic carbocycles. The molecule has 2 aromatic rings. The SMILES string of the molecule is O=C(c1cc(F)ccc1Br)N1CCCN(Cc2ccccc2)CC1. The molecule has 1 saturated heterocycles. The van der Waals surface area contributed by atoms with Crippen molar-refractivity contribution in [2.24, 2.45) is 0 Å². The van der Waals surface area contributed by atoms with E-state index >= 15 is 0 Å². The summed E-state index contributed by atoms with van der Waals surface area (Å²) < 4.78 is 14.1. The minimum absolute atomic E-state index is 0.108. The fourth-order valence-corrected chi connectivity index (χ4v) is 3.42. The number of carbonyl (C=O) groups excluding carboxylic acids is 1. The molecule has 5 heteroatoms. The molecule has 1 aliphatic rings. The van der Waals surface area contributed by atoms with E-state index in [0.717, 1.165) is 26.1 Å². The van der Waals surface area contributed by atoms with Crippen LogP contribution in [0.4, 0.5) is 4.39 Å². The van der Waals surface area contributed by atoms with Gasteiger partial charge in [-0.15, -0.1) is 0 Å². The predicted molar refractivity (Wildman–Crippen MR) is 96.3 cm³/mol. The summed E-state index contributed by atoms with van der Waals surface area (Å²) in [5.74, 6) is -0.495. The Kier molecular flexibility index (Phi) is 5.63. The van der Waals surface area contributed by atoms with E-state index in [1.807, 2.05) is 23.1 Å². The van der Waals surface area contributed by atoms with Crippen LogP contribution in [-0.2, 0) is 6.54 Å². The number of halogens is 2. The average Bonchev–Trinajstić information content (AvgIpc) is 2.83. The molecular weight excluding hydrogens is 371 g/mol. The molecule has 0 atom stereocenters. The van der Waals surface area contributed by atoms with Gasteiger partial charge in [0.05, 0.1) is 5.56 Å². The van der Waals surface area contributed by atoms with Gasteiger partial charge in [0.2, 0.25) is 0 Å². The molecule has 1 fully saturated rings. The highest BCUT2D eigenvalue weighted by Crippen LogP contribution is 2.20. The van der Waals surface area contributed by atoms with Crippen LogP contribution in [0.2, 0.25) is 0 Å². The smallest absolute Gasteiger partial charge is 0.255 e. The summed E-state index contributed by atoms with van der Waals surface area (Å²) in [5.41, 5.74) is 1.68. The van der Waals surface area contributed by atoms with Crippen LogP contribution in [0.25, 0.3) is 0 Å². The largest absolute Gasteiger partial charge is 0.337 e. The van der Waals surface area contributed by atoms with E-state index in [0.29, 0.717) is 23.1 Å². The maximum atomic E-state index is 13.5. The molecule has 1 aliphatic heterocycles. The second-order valence-electron chi connectivity index (χ2n) is 6.03. The fourth-order valence-electron chi connectivity index (χ4n) is 3.01. The van der Waals surface area contributed by atoms with Crippen LogP contribution >= 0.6 is 15.9 Å². The van der Waals surface area contributed by atoms with Crippen molar-refractivity contribution in [2.75, 3.05) is 26.2 Å². The highest BCUT2D eigenvalue weighted by atomic mass is 79.9. The van der Waals surface area contributed by atoms with Crippen molar-refractivity contribution in [2.45, 2.75) is 13.0 Å². The van der Waals surface area contributed by atoms with E-state index in [9.17, 15) is 9.18 Å². The summed E-state index contributed by atoms with van der Waals surface area (Å²) in [6, 6.07) is 14.6. The lowest BCUT2D eigenvalue weighted by Crippen LogP contribution is -2.35. The van der Waals surface area contributed by atoms with Crippen molar-refractivity contribution in [3.63, 3.8) is 0 Å². The molecule has 0 saturated carbocycles. The van der Waals surface area contributed by atoms with Gasteiger partial charge in [-0.2, -0.15) is 0 Å². The molecule has 0 N–H and O–H groups in total. The predicted octanol–water partition coefficient (Wildman–Crippen LogP) is 3.94. The first-order valence-electron chi connectivity index (χ1n) is 8.14. The third-order valence-electron chi connectivity index (χ3n) is 4.28. The zero-order valence-electron chi connectivity index (χ0n) is 13.4. The van der Waals surface area contributed by atoms with Crippen LogP contribution in [0, 0.1) is 5.82 Å². The first kappa shape index (κ1) is 17.1. The van der Waals surface area contributed by atoms with E-state index in [2.05, 4.69) is 33.0 Å². The Bertz CT molecular complexity index is 708. The number of nitrogens with zero attached hydrogens (tertiary/aromatic N) is 2. The molecule has 1 heterocycles. The molecule has 0 unspecified atom stereocenters. The summed E-state index contributed by atoms with van der Waals surface area (Å²) in [5, 5.41) is 0. The van der Waals surface area contributed by atoms with Crippen molar-refractivity contribution >= 4 is 21.8 Å². The van der Waals surface area contributed by atoms with Gasteiger partial charge in [-0.1, -0.05) is 30.3 Å². The van der Waals surface area contributed by atoms with Gasteiger partial charge in [0, 0.05) is 37.2 Å². The van der Waals surface area contributed by atoms with Gasteiger partial charge < -0.3 is 4.90 Å². The normalized spacial score (nSPS) is 16.0. The summed E-state index contributed by atoms with van der Waals surface area (Å²) in [6.45, 7) is 4.05. The number of rotatable bonds is 3. The van der Waals surface area contributed by atoms with Crippen LogP contribution in [0.3, 0.4) is 0 Å². The van der Waals surface area contributed by atoms with Gasteiger partial charge in [-0.05, 0) is 46.1 Å². The van der Waals surface area contributed by atoms with Crippen LogP contribution < -0.4 is 0 Å². The molecule has 2 aromatic carbocycles. The Morgan fingerprint density at radius 2 is 1.83 bits per heavy atom. The standard InChI is InChI=1S/C19H20BrFN2O/c20-18-8-7-16(21)13-17(18)19(24)23-10-4-9-22(11-12-23)14-15-5-2-1-3-6-15/h1-3,5-8,13H,4,9-12,14H2. The first-order chi connectivity index (χ1) is 11.6. The van der Waals surface area contributed by atoms with Gasteiger partial charge in [-0.3, -0.25) is 9.69 Å². The topological polar surface area (TPSA) is 23.6 Å². The quantitative estimate of drug-likeness (QED) is 0.792. The van der Waals surface area contributed by atoms with E-state index in [1.54, 1.807) is 6.07 Å². The maximum Gasteiger partial charge on any atom is 0.255 e. The Labute approximate surface area is 150 Å². The zero-order valence-corrected chi connectivity index (χ0v) is 15.0. The first-order valence-corrected chi connectivity index (χ1v) is 8.93. The highest BCUT2D eigenvalue weighted by Gasteiger charge is 2.22. The minimum Gasteiger partial charge on any atom is -0.337 e. The summed E-state index contributed by atoms with van der Waals surface area (Å²) in [6.07, 6.45) is 0.922. The lowest BCUT2D eigenvalue weighted by atomic mass is 10.2. The highest BCUT2D eigenvalue weighted by molar-refractivity contribution is 9.10. The summed E-state index contributed by atoms with van der Waals surface area (Å²) >= 11 is 3.35. The molecule has 3 rings (SSSR count). The van der Waals surface area contributed by atoms with Crippen molar-refractivity contribution < 1.29 is 9.18 Å². The van der Waals surface area contributed by atoms with E-state index in [1.165, 1.54) is 17.7 Å². The zero-order chi connectivity index (χ0) is 16.9. The second kappa shape index (κ2) is 7.90. The second-order valence-corrected chi connectivity index (χ2v) is 6.89. The Balaban J connectivity index is 1.65. The number of amides is 1. The van der Waals surface area contributed by atoms with Crippen LogP contribution in [-0.4, -0.2) is 41.9 Å². The van der Waals surface area contributed by atoms with Crippen LogP contribution in [0.5, 0.6) is 0 Å². The molecule has 1 amide bonds. The molecule has 24 heavy (non-hydrogen) atoms. The van der Waals surface area contributed by atoms with E-state index in [-0.39, 0.29) is 11.7 Å². The summed E-state index contributed by atoms with van der Waals surface area (Å²) in [7, 11) is 0. The fraction of sp³-hybridized carbons (Fsp3) is 0.316. The lowest BCUT2D eigenvalue weighted by molar-refractivity contribution is 0.0759. The van der Waals surface area contributed by atoms with Crippen molar-refractivity contribution in [3.8, 4) is 0 Å². The molecule has 3 nitrogen and oxygen atoms in total. The Morgan fingerprint density at radius 1 is 1.04 bits per heavy atom. The van der Waals surface area contributed by atoms with Gasteiger partial charge in [0.15, 0.2) is 0 Å². The van der Waals surface area contributed by atoms with Crippen LogP contribution in [0.15, 0.2) is 53.0 Å². The summed E-state index contributed by atoms with van der Waals surface area (Å²) in [4.78, 5) is 16.9. The van der Waals surface area contributed by atoms with Crippen molar-refractivity contribution in [1.82, 2.24) is 9.80 Å². The van der Waals surface area contributed by atoms with Gasteiger partial charge in [0.25, 0.3) is 5.91 Å². The Morgan fingerprint density at radius 3 is 2.62 bits per heavy atom. The third kappa shape index (κ3) is 4.22. The minimum atomic E-state index is -0.387. The number of benzene rings is 2. The monoisotopic (exact) mass is 390 g/mol. The van der Waals surface area contributed by atoms with Gasteiger partial charge in [0.1, 0.15) is 5.82 Å².